The van der Waals surface area contributed by atoms with Gasteiger partial charge in [0.1, 0.15) is 5.82 Å². The van der Waals surface area contributed by atoms with Gasteiger partial charge >= 0.3 is 0 Å². The van der Waals surface area contributed by atoms with Gasteiger partial charge in [-0.1, -0.05) is 12.1 Å². The summed E-state index contributed by atoms with van der Waals surface area (Å²) in [6.45, 7) is 0.255. The number of anilines is 1. The van der Waals surface area contributed by atoms with E-state index in [0.717, 1.165) is 0 Å². The lowest BCUT2D eigenvalue weighted by molar-refractivity contribution is 0.600. The van der Waals surface area contributed by atoms with Crippen LogP contribution < -0.4 is 10.5 Å². The van der Waals surface area contributed by atoms with Gasteiger partial charge in [-0.25, -0.2) is 12.8 Å². The fraction of sp³-hybridized carbons (Fsp3) is 0.0769. The Labute approximate surface area is 125 Å². The van der Waals surface area contributed by atoms with Gasteiger partial charge in [0.25, 0.3) is 10.0 Å². The number of benzene rings is 2. The number of nitrogens with one attached hydrogen (secondary N) is 1. The fourth-order valence-corrected chi connectivity index (χ4v) is 3.11. The van der Waals surface area contributed by atoms with Crippen LogP contribution in [0.3, 0.4) is 0 Å². The Morgan fingerprint density at radius 1 is 1.20 bits per heavy atom. The highest BCUT2D eigenvalue weighted by atomic mass is 79.9. The van der Waals surface area contributed by atoms with Crippen LogP contribution in [-0.4, -0.2) is 8.42 Å². The first kappa shape index (κ1) is 15.0. The van der Waals surface area contributed by atoms with Crippen molar-refractivity contribution >= 4 is 31.6 Å². The molecule has 0 bridgehead atoms. The van der Waals surface area contributed by atoms with Crippen molar-refractivity contribution in [3.63, 3.8) is 0 Å². The van der Waals surface area contributed by atoms with Gasteiger partial charge in [0.05, 0.1) is 15.1 Å². The monoisotopic (exact) mass is 358 g/mol. The molecule has 2 aromatic rings. The van der Waals surface area contributed by atoms with E-state index < -0.39 is 15.8 Å². The van der Waals surface area contributed by atoms with Crippen molar-refractivity contribution in [3.8, 4) is 0 Å². The Balaban J connectivity index is 2.32. The lowest BCUT2D eigenvalue weighted by Crippen LogP contribution is -2.13. The first-order valence-corrected chi connectivity index (χ1v) is 7.97. The zero-order valence-corrected chi connectivity index (χ0v) is 12.7. The molecule has 0 spiro atoms. The van der Waals surface area contributed by atoms with E-state index in [9.17, 15) is 12.8 Å². The van der Waals surface area contributed by atoms with Crippen molar-refractivity contribution in [1.29, 1.82) is 0 Å². The number of sulfonamides is 1. The van der Waals surface area contributed by atoms with E-state index >= 15 is 0 Å². The highest BCUT2D eigenvalue weighted by Crippen LogP contribution is 2.22. The van der Waals surface area contributed by atoms with Gasteiger partial charge in [-0.2, -0.15) is 0 Å². The average Bonchev–Trinajstić information content (AvgIpc) is 2.43. The molecule has 2 rings (SSSR count). The molecular weight excluding hydrogens is 347 g/mol. The van der Waals surface area contributed by atoms with Crippen LogP contribution in [-0.2, 0) is 16.6 Å². The van der Waals surface area contributed by atoms with E-state index in [-0.39, 0.29) is 21.6 Å². The fourth-order valence-electron chi connectivity index (χ4n) is 1.61. The molecule has 0 unspecified atom stereocenters. The summed E-state index contributed by atoms with van der Waals surface area (Å²) in [6, 6.07) is 10.2. The minimum Gasteiger partial charge on any atom is -0.326 e. The summed E-state index contributed by atoms with van der Waals surface area (Å²) < 4.78 is 40.1. The summed E-state index contributed by atoms with van der Waals surface area (Å²) in [5, 5.41) is 0. The van der Waals surface area contributed by atoms with Crippen LogP contribution in [0.4, 0.5) is 10.1 Å². The summed E-state index contributed by atoms with van der Waals surface area (Å²) in [4.78, 5) is 0.112. The highest BCUT2D eigenvalue weighted by molar-refractivity contribution is 9.10. The molecule has 0 heterocycles. The van der Waals surface area contributed by atoms with Gasteiger partial charge in [0, 0.05) is 6.54 Å². The lowest BCUT2D eigenvalue weighted by Gasteiger charge is -2.09. The second-order valence-electron chi connectivity index (χ2n) is 4.09. The molecule has 0 saturated heterocycles. The summed E-state index contributed by atoms with van der Waals surface area (Å²) >= 11 is 3.01. The molecule has 0 atom stereocenters. The Bertz CT molecular complexity index is 735. The topological polar surface area (TPSA) is 72.2 Å². The normalized spacial score (nSPS) is 11.3. The molecule has 0 radical (unpaired) electrons. The molecule has 0 amide bonds. The van der Waals surface area contributed by atoms with E-state index in [4.69, 9.17) is 5.73 Å². The molecule has 20 heavy (non-hydrogen) atoms. The molecule has 4 nitrogen and oxygen atoms in total. The number of halogens is 2. The minimum absolute atomic E-state index is 0.112. The van der Waals surface area contributed by atoms with Crippen LogP contribution in [0.1, 0.15) is 5.56 Å². The second-order valence-corrected chi connectivity index (χ2v) is 6.62. The Morgan fingerprint density at radius 3 is 2.60 bits per heavy atom. The standard InChI is InChI=1S/C13H12BrFN2O2S/c14-12-7-10(4-5-13(12)15)17-20(18,19)11-3-1-2-9(6-11)8-16/h1-7,17H,8,16H2. The van der Waals surface area contributed by atoms with Crippen LogP contribution in [0, 0.1) is 5.82 Å². The highest BCUT2D eigenvalue weighted by Gasteiger charge is 2.15. The maximum absolute atomic E-state index is 13.1. The van der Waals surface area contributed by atoms with Crippen LogP contribution >= 0.6 is 15.9 Å². The van der Waals surface area contributed by atoms with Gasteiger partial charge in [0.2, 0.25) is 0 Å². The van der Waals surface area contributed by atoms with Gasteiger partial charge in [-0.3, -0.25) is 4.72 Å². The van der Waals surface area contributed by atoms with Gasteiger partial charge < -0.3 is 5.73 Å². The van der Waals surface area contributed by atoms with Crippen molar-refractivity contribution in [2.75, 3.05) is 4.72 Å². The third-order valence-electron chi connectivity index (χ3n) is 2.62. The summed E-state index contributed by atoms with van der Waals surface area (Å²) in [5.41, 5.74) is 6.48. The molecule has 0 aliphatic carbocycles. The van der Waals surface area contributed by atoms with Crippen molar-refractivity contribution in [2.24, 2.45) is 5.73 Å². The third-order valence-corrected chi connectivity index (χ3v) is 4.60. The quantitative estimate of drug-likeness (QED) is 0.882. The van der Waals surface area contributed by atoms with Gasteiger partial charge in [0.15, 0.2) is 0 Å². The molecule has 0 aliphatic heterocycles. The summed E-state index contributed by atoms with van der Waals surface area (Å²) in [5.74, 6) is -0.460. The summed E-state index contributed by atoms with van der Waals surface area (Å²) in [7, 11) is -3.72. The third kappa shape index (κ3) is 3.36. The lowest BCUT2D eigenvalue weighted by atomic mass is 10.2. The largest absolute Gasteiger partial charge is 0.326 e. The molecule has 106 valence electrons. The van der Waals surface area contributed by atoms with E-state index in [0.29, 0.717) is 5.56 Å². The van der Waals surface area contributed by atoms with Crippen molar-refractivity contribution in [3.05, 3.63) is 58.3 Å². The van der Waals surface area contributed by atoms with E-state index in [1.807, 2.05) is 0 Å². The van der Waals surface area contributed by atoms with E-state index in [2.05, 4.69) is 20.7 Å². The Hall–Kier alpha value is -1.44. The van der Waals surface area contributed by atoms with E-state index in [1.165, 1.54) is 30.3 Å². The maximum Gasteiger partial charge on any atom is 0.261 e. The Morgan fingerprint density at radius 2 is 1.95 bits per heavy atom. The molecular formula is C13H12BrFN2O2S. The molecule has 0 saturated carbocycles. The van der Waals surface area contributed by atoms with Crippen molar-refractivity contribution in [2.45, 2.75) is 11.4 Å². The van der Waals surface area contributed by atoms with Crippen LogP contribution in [0.15, 0.2) is 51.8 Å². The molecule has 0 aromatic heterocycles. The number of hydrogen-bond donors (Lipinski definition) is 2. The first-order chi connectivity index (χ1) is 9.42. The molecule has 3 N–H and O–H groups in total. The predicted octanol–water partition coefficient (Wildman–Crippen LogP) is 2.85. The van der Waals surface area contributed by atoms with E-state index in [1.54, 1.807) is 12.1 Å². The molecule has 0 aliphatic rings. The summed E-state index contributed by atoms with van der Waals surface area (Å²) in [6.07, 6.45) is 0. The van der Waals surface area contributed by atoms with Crippen molar-refractivity contribution < 1.29 is 12.8 Å². The number of hydrogen-bond acceptors (Lipinski definition) is 3. The molecule has 0 fully saturated rings. The molecule has 7 heteroatoms. The van der Waals surface area contributed by atoms with Crippen LogP contribution in [0.5, 0.6) is 0 Å². The zero-order chi connectivity index (χ0) is 14.8. The second kappa shape index (κ2) is 5.90. The first-order valence-electron chi connectivity index (χ1n) is 5.69. The maximum atomic E-state index is 13.1. The average molecular weight is 359 g/mol. The predicted molar refractivity (Wildman–Crippen MR) is 79.2 cm³/mol. The van der Waals surface area contributed by atoms with Crippen LogP contribution in [0.2, 0.25) is 0 Å². The number of rotatable bonds is 4. The van der Waals surface area contributed by atoms with Gasteiger partial charge in [-0.05, 0) is 51.8 Å². The zero-order valence-electron chi connectivity index (χ0n) is 10.3. The smallest absolute Gasteiger partial charge is 0.261 e. The van der Waals surface area contributed by atoms with Gasteiger partial charge in [-0.15, -0.1) is 0 Å². The number of nitrogens with two attached hydrogens (primary N) is 1. The molecule has 2 aromatic carbocycles. The van der Waals surface area contributed by atoms with Crippen molar-refractivity contribution in [1.82, 2.24) is 0 Å². The van der Waals surface area contributed by atoms with Crippen LogP contribution in [0.25, 0.3) is 0 Å². The Kier molecular flexibility index (Phi) is 4.42. The SMILES string of the molecule is NCc1cccc(S(=O)(=O)Nc2ccc(F)c(Br)c2)c1. The minimum atomic E-state index is -3.72.